The van der Waals surface area contributed by atoms with Crippen LogP contribution in [-0.4, -0.2) is 62.2 Å². The minimum absolute atomic E-state index is 0.0448. The van der Waals surface area contributed by atoms with Crippen LogP contribution in [0.4, 0.5) is 0 Å². The zero-order valence-electron chi connectivity index (χ0n) is 19.3. The number of amides is 2. The molecule has 0 bridgehead atoms. The molecule has 0 saturated carbocycles. The third-order valence-corrected chi connectivity index (χ3v) is 7.43. The molecule has 1 N–H and O–H groups in total. The van der Waals surface area contributed by atoms with E-state index in [9.17, 15) is 18.0 Å². The van der Waals surface area contributed by atoms with Crippen molar-refractivity contribution in [3.8, 4) is 0 Å². The van der Waals surface area contributed by atoms with Crippen molar-refractivity contribution in [1.82, 2.24) is 14.5 Å². The normalized spacial score (nSPS) is 12.4. The van der Waals surface area contributed by atoms with Gasteiger partial charge in [-0.15, -0.1) is 0 Å². The van der Waals surface area contributed by atoms with E-state index in [4.69, 9.17) is 11.6 Å². The third kappa shape index (κ3) is 7.84. The molecule has 2 aromatic carbocycles. The van der Waals surface area contributed by atoms with Crippen LogP contribution in [0.5, 0.6) is 0 Å². The second-order valence-electron chi connectivity index (χ2n) is 7.86. The number of sulfonamides is 1. The van der Waals surface area contributed by atoms with Gasteiger partial charge in [0.05, 0.1) is 11.4 Å². The monoisotopic (exact) mass is 493 g/mol. The summed E-state index contributed by atoms with van der Waals surface area (Å²) < 4.78 is 26.8. The van der Waals surface area contributed by atoms with Gasteiger partial charge in [-0.25, -0.2) is 8.42 Å². The predicted molar refractivity (Wildman–Crippen MR) is 131 cm³/mol. The molecule has 180 valence electrons. The Morgan fingerprint density at radius 1 is 1.06 bits per heavy atom. The first-order valence-electron chi connectivity index (χ1n) is 11.0. The van der Waals surface area contributed by atoms with Gasteiger partial charge in [-0.2, -0.15) is 4.31 Å². The number of hydrogen-bond acceptors (Lipinski definition) is 4. The van der Waals surface area contributed by atoms with Crippen LogP contribution in [0.25, 0.3) is 0 Å². The molecule has 0 fully saturated rings. The summed E-state index contributed by atoms with van der Waals surface area (Å²) in [6, 6.07) is 14.7. The fourth-order valence-corrected chi connectivity index (χ4v) is 4.51. The Morgan fingerprint density at radius 3 is 2.30 bits per heavy atom. The Balaban J connectivity index is 2.16. The molecule has 0 aliphatic heterocycles. The molecule has 2 amide bonds. The number of likely N-dealkylation sites (N-methyl/N-ethyl adjacent to an activating group) is 1. The van der Waals surface area contributed by atoms with Crippen LogP contribution >= 0.6 is 11.6 Å². The van der Waals surface area contributed by atoms with E-state index in [2.05, 4.69) is 5.32 Å². The molecule has 2 rings (SSSR count). The lowest BCUT2D eigenvalue weighted by Crippen LogP contribution is -2.51. The summed E-state index contributed by atoms with van der Waals surface area (Å²) in [5.74, 6) is -0.697. The maximum atomic E-state index is 13.2. The molecule has 0 aliphatic rings. The van der Waals surface area contributed by atoms with Crippen molar-refractivity contribution in [2.45, 2.75) is 44.0 Å². The Labute approximate surface area is 201 Å². The zero-order valence-corrected chi connectivity index (χ0v) is 20.9. The molecule has 9 heteroatoms. The molecule has 0 aliphatic carbocycles. The molecular formula is C24H32ClN3O4S. The standard InChI is InChI=1S/C24H32ClN3O4S/c1-4-5-16-26-24(30)19(2)28(17-15-20-9-7-6-8-10-20)23(29)18-27(3)33(31,32)22-13-11-21(25)12-14-22/h6-14,19H,4-5,15-18H2,1-3H3,(H,26,30)/t19-/m0/s1. The topological polar surface area (TPSA) is 86.8 Å². The third-order valence-electron chi connectivity index (χ3n) is 5.36. The van der Waals surface area contributed by atoms with Crippen molar-refractivity contribution in [3.63, 3.8) is 0 Å². The zero-order chi connectivity index (χ0) is 24.4. The molecule has 0 heterocycles. The molecule has 0 spiro atoms. The van der Waals surface area contributed by atoms with Gasteiger partial charge in [0.2, 0.25) is 21.8 Å². The number of rotatable bonds is 12. The second kappa shape index (κ2) is 12.7. The van der Waals surface area contributed by atoms with Crippen LogP contribution in [0.15, 0.2) is 59.5 Å². The summed E-state index contributed by atoms with van der Waals surface area (Å²) in [5, 5.41) is 3.27. The Kier molecular flexibility index (Phi) is 10.3. The van der Waals surface area contributed by atoms with Crippen molar-refractivity contribution in [3.05, 3.63) is 65.2 Å². The average Bonchev–Trinajstić information content (AvgIpc) is 2.80. The highest BCUT2D eigenvalue weighted by Crippen LogP contribution is 2.18. The van der Waals surface area contributed by atoms with E-state index in [1.165, 1.54) is 36.2 Å². The van der Waals surface area contributed by atoms with E-state index >= 15 is 0 Å². The minimum Gasteiger partial charge on any atom is -0.354 e. The Bertz CT molecular complexity index is 1010. The average molecular weight is 494 g/mol. The maximum Gasteiger partial charge on any atom is 0.243 e. The molecule has 7 nitrogen and oxygen atoms in total. The number of carbonyl (C=O) groups is 2. The van der Waals surface area contributed by atoms with Crippen LogP contribution in [0, 0.1) is 0 Å². The molecule has 0 radical (unpaired) electrons. The summed E-state index contributed by atoms with van der Waals surface area (Å²) in [6.45, 7) is 4.14. The van der Waals surface area contributed by atoms with E-state index in [0.29, 0.717) is 24.5 Å². The lowest BCUT2D eigenvalue weighted by molar-refractivity contribution is -0.139. The molecule has 1 atom stereocenters. The number of unbranched alkanes of at least 4 members (excludes halogenated alkanes) is 1. The number of hydrogen-bond donors (Lipinski definition) is 1. The number of nitrogens with one attached hydrogen (secondary N) is 1. The number of nitrogens with zero attached hydrogens (tertiary/aromatic N) is 2. The van der Waals surface area contributed by atoms with E-state index in [-0.39, 0.29) is 17.3 Å². The van der Waals surface area contributed by atoms with Gasteiger partial charge in [0, 0.05) is 25.2 Å². The van der Waals surface area contributed by atoms with Crippen molar-refractivity contribution in [2.24, 2.45) is 0 Å². The number of carbonyl (C=O) groups excluding carboxylic acids is 2. The smallest absolute Gasteiger partial charge is 0.243 e. The van der Waals surface area contributed by atoms with Gasteiger partial charge in [-0.05, 0) is 49.6 Å². The first-order valence-corrected chi connectivity index (χ1v) is 12.8. The van der Waals surface area contributed by atoms with Gasteiger partial charge >= 0.3 is 0 Å². The van der Waals surface area contributed by atoms with E-state index < -0.39 is 22.0 Å². The highest BCUT2D eigenvalue weighted by atomic mass is 35.5. The van der Waals surface area contributed by atoms with Gasteiger partial charge < -0.3 is 10.2 Å². The van der Waals surface area contributed by atoms with Gasteiger partial charge in [-0.3, -0.25) is 9.59 Å². The van der Waals surface area contributed by atoms with E-state index in [0.717, 1.165) is 22.7 Å². The van der Waals surface area contributed by atoms with Crippen molar-refractivity contribution < 1.29 is 18.0 Å². The Morgan fingerprint density at radius 2 is 1.70 bits per heavy atom. The van der Waals surface area contributed by atoms with Crippen molar-refractivity contribution >= 4 is 33.4 Å². The summed E-state index contributed by atoms with van der Waals surface area (Å²) in [6.07, 6.45) is 2.34. The van der Waals surface area contributed by atoms with Gasteiger partial charge in [-0.1, -0.05) is 55.3 Å². The van der Waals surface area contributed by atoms with Crippen molar-refractivity contribution in [2.75, 3.05) is 26.7 Å². The molecule has 0 saturated heterocycles. The first kappa shape index (κ1) is 26.8. The van der Waals surface area contributed by atoms with Crippen LogP contribution in [0.3, 0.4) is 0 Å². The molecule has 0 unspecified atom stereocenters. The van der Waals surface area contributed by atoms with E-state index in [1.54, 1.807) is 6.92 Å². The summed E-state index contributed by atoms with van der Waals surface area (Å²) in [4.78, 5) is 27.4. The second-order valence-corrected chi connectivity index (χ2v) is 10.3. The molecule has 0 aromatic heterocycles. The van der Waals surface area contributed by atoms with Crippen LogP contribution in [0.2, 0.25) is 5.02 Å². The minimum atomic E-state index is -3.89. The highest BCUT2D eigenvalue weighted by Gasteiger charge is 2.29. The fraction of sp³-hybridized carbons (Fsp3) is 0.417. The SMILES string of the molecule is CCCCNC(=O)[C@H](C)N(CCc1ccccc1)C(=O)CN(C)S(=O)(=O)c1ccc(Cl)cc1. The lowest BCUT2D eigenvalue weighted by Gasteiger charge is -2.30. The molecular weight excluding hydrogens is 462 g/mol. The lowest BCUT2D eigenvalue weighted by atomic mass is 10.1. The first-order chi connectivity index (χ1) is 15.7. The van der Waals surface area contributed by atoms with Crippen LogP contribution in [-0.2, 0) is 26.0 Å². The summed E-state index contributed by atoms with van der Waals surface area (Å²) >= 11 is 5.86. The number of benzene rings is 2. The number of halogens is 1. The summed E-state index contributed by atoms with van der Waals surface area (Å²) in [7, 11) is -2.54. The Hall–Kier alpha value is -2.42. The fourth-order valence-electron chi connectivity index (χ4n) is 3.26. The predicted octanol–water partition coefficient (Wildman–Crippen LogP) is 3.34. The van der Waals surface area contributed by atoms with Crippen LogP contribution in [0.1, 0.15) is 32.3 Å². The highest BCUT2D eigenvalue weighted by molar-refractivity contribution is 7.89. The van der Waals surface area contributed by atoms with E-state index in [1.807, 2.05) is 37.3 Å². The van der Waals surface area contributed by atoms with Gasteiger partial charge in [0.15, 0.2) is 0 Å². The molecule has 2 aromatic rings. The van der Waals surface area contributed by atoms with Gasteiger partial charge in [0.25, 0.3) is 0 Å². The van der Waals surface area contributed by atoms with Gasteiger partial charge in [0.1, 0.15) is 6.04 Å². The quantitative estimate of drug-likeness (QED) is 0.459. The van der Waals surface area contributed by atoms with Crippen molar-refractivity contribution in [1.29, 1.82) is 0 Å². The summed E-state index contributed by atoms with van der Waals surface area (Å²) in [5.41, 5.74) is 1.02. The maximum absolute atomic E-state index is 13.2. The molecule has 33 heavy (non-hydrogen) atoms. The largest absolute Gasteiger partial charge is 0.354 e. The van der Waals surface area contributed by atoms with Crippen LogP contribution < -0.4 is 5.32 Å².